The molecule has 0 aliphatic rings. The highest BCUT2D eigenvalue weighted by Crippen LogP contribution is 2.25. The minimum absolute atomic E-state index is 0.118. The standard InChI is InChI=1S/C10H6BrNO2S/c11-7-8(13)12-9(15-10(7)14)6-4-2-1-3-5-6/h1-5,13H. The predicted molar refractivity (Wildman–Crippen MR) is 63.2 cm³/mol. The fourth-order valence-corrected chi connectivity index (χ4v) is 2.17. The van der Waals surface area contributed by atoms with E-state index in [0.29, 0.717) is 5.01 Å². The summed E-state index contributed by atoms with van der Waals surface area (Å²) in [7, 11) is 0. The maximum atomic E-state index is 11.4. The molecule has 1 heterocycles. The highest BCUT2D eigenvalue weighted by Gasteiger charge is 2.09. The first kappa shape index (κ1) is 10.3. The van der Waals surface area contributed by atoms with E-state index in [1.54, 1.807) is 0 Å². The monoisotopic (exact) mass is 283 g/mol. The van der Waals surface area contributed by atoms with Gasteiger partial charge in [0.15, 0.2) is 0 Å². The van der Waals surface area contributed by atoms with Gasteiger partial charge in [0.25, 0.3) is 4.74 Å². The summed E-state index contributed by atoms with van der Waals surface area (Å²) < 4.78 is -0.117. The van der Waals surface area contributed by atoms with E-state index in [4.69, 9.17) is 0 Å². The molecule has 0 spiro atoms. The Kier molecular flexibility index (Phi) is 2.83. The van der Waals surface area contributed by atoms with Crippen LogP contribution in [0, 0.1) is 0 Å². The van der Waals surface area contributed by atoms with Crippen LogP contribution in [0.25, 0.3) is 10.6 Å². The van der Waals surface area contributed by atoms with Gasteiger partial charge in [0.1, 0.15) is 9.48 Å². The second-order valence-corrected chi connectivity index (χ2v) is 4.56. The Hall–Kier alpha value is -1.20. The van der Waals surface area contributed by atoms with Crippen molar-refractivity contribution in [1.82, 2.24) is 4.98 Å². The first-order chi connectivity index (χ1) is 7.18. The van der Waals surface area contributed by atoms with Gasteiger partial charge in [0.2, 0.25) is 5.88 Å². The van der Waals surface area contributed by atoms with E-state index >= 15 is 0 Å². The molecule has 1 N–H and O–H groups in total. The van der Waals surface area contributed by atoms with Crippen LogP contribution in [0.2, 0.25) is 0 Å². The van der Waals surface area contributed by atoms with Crippen LogP contribution >= 0.6 is 27.3 Å². The molecule has 0 aliphatic heterocycles. The lowest BCUT2D eigenvalue weighted by Gasteiger charge is -2.00. The average molecular weight is 284 g/mol. The van der Waals surface area contributed by atoms with Crippen molar-refractivity contribution in [2.75, 3.05) is 0 Å². The lowest BCUT2D eigenvalue weighted by molar-refractivity contribution is 0.451. The Labute approximate surface area is 98.2 Å². The maximum Gasteiger partial charge on any atom is 0.254 e. The third-order valence-corrected chi connectivity index (χ3v) is 3.68. The number of nitrogens with zero attached hydrogens (tertiary/aromatic N) is 1. The molecule has 0 saturated carbocycles. The van der Waals surface area contributed by atoms with Crippen molar-refractivity contribution in [2.24, 2.45) is 0 Å². The van der Waals surface area contributed by atoms with E-state index in [-0.39, 0.29) is 15.1 Å². The number of hydrogen-bond acceptors (Lipinski definition) is 4. The zero-order chi connectivity index (χ0) is 10.8. The molecular formula is C10H6BrNO2S. The van der Waals surface area contributed by atoms with Crippen molar-refractivity contribution in [3.63, 3.8) is 0 Å². The number of halogens is 1. The molecule has 2 aromatic rings. The van der Waals surface area contributed by atoms with Gasteiger partial charge in [0, 0.05) is 5.56 Å². The summed E-state index contributed by atoms with van der Waals surface area (Å²) in [5.41, 5.74) is 0.822. The zero-order valence-corrected chi connectivity index (χ0v) is 9.88. The second-order valence-electron chi connectivity index (χ2n) is 2.81. The van der Waals surface area contributed by atoms with E-state index in [2.05, 4.69) is 20.9 Å². The van der Waals surface area contributed by atoms with Gasteiger partial charge in [-0.3, -0.25) is 4.79 Å². The summed E-state index contributed by atoms with van der Waals surface area (Å²) in [4.78, 5) is 15.3. The zero-order valence-electron chi connectivity index (χ0n) is 7.48. The van der Waals surface area contributed by atoms with Gasteiger partial charge in [-0.2, -0.15) is 0 Å². The third kappa shape index (κ3) is 2.08. The van der Waals surface area contributed by atoms with Gasteiger partial charge in [-0.15, -0.1) is 0 Å². The summed E-state index contributed by atoms with van der Waals surface area (Å²) in [6, 6.07) is 9.27. The molecule has 0 amide bonds. The van der Waals surface area contributed by atoms with Crippen LogP contribution in [-0.4, -0.2) is 10.1 Å². The van der Waals surface area contributed by atoms with Crippen molar-refractivity contribution in [3.05, 3.63) is 44.3 Å². The second kappa shape index (κ2) is 4.12. The van der Waals surface area contributed by atoms with Crippen LogP contribution in [0.1, 0.15) is 0 Å². The van der Waals surface area contributed by atoms with Crippen LogP contribution in [0.3, 0.4) is 0 Å². The number of hydrogen-bond donors (Lipinski definition) is 1. The summed E-state index contributed by atoms with van der Waals surface area (Å²) in [5, 5.41) is 9.91. The fourth-order valence-electron chi connectivity index (χ4n) is 1.10. The highest BCUT2D eigenvalue weighted by molar-refractivity contribution is 9.10. The summed E-state index contributed by atoms with van der Waals surface area (Å²) in [5.74, 6) is -0.266. The molecule has 5 heteroatoms. The molecule has 0 atom stereocenters. The maximum absolute atomic E-state index is 11.4. The normalized spacial score (nSPS) is 10.2. The molecule has 0 unspecified atom stereocenters. The SMILES string of the molecule is O=c1sc(-c2ccccc2)nc(O)c1Br. The van der Waals surface area contributed by atoms with Gasteiger partial charge in [0.05, 0.1) is 0 Å². The molecule has 1 aromatic carbocycles. The molecule has 76 valence electrons. The molecule has 0 bridgehead atoms. The number of benzene rings is 1. The summed E-state index contributed by atoms with van der Waals surface area (Å²) >= 11 is 3.97. The van der Waals surface area contributed by atoms with E-state index in [0.717, 1.165) is 16.9 Å². The lowest BCUT2D eigenvalue weighted by atomic mass is 10.2. The Morgan fingerprint density at radius 2 is 1.93 bits per heavy atom. The minimum atomic E-state index is -0.266. The number of aromatic hydroxyl groups is 1. The molecule has 0 fully saturated rings. The van der Waals surface area contributed by atoms with Crippen molar-refractivity contribution in [1.29, 1.82) is 0 Å². The molecule has 0 saturated heterocycles. The number of aromatic nitrogens is 1. The van der Waals surface area contributed by atoms with Gasteiger partial charge in [-0.05, 0) is 15.9 Å². The largest absolute Gasteiger partial charge is 0.492 e. The van der Waals surface area contributed by atoms with E-state index in [1.807, 2.05) is 30.3 Å². The summed E-state index contributed by atoms with van der Waals surface area (Å²) in [6.07, 6.45) is 0. The smallest absolute Gasteiger partial charge is 0.254 e. The molecule has 0 aliphatic carbocycles. The van der Waals surface area contributed by atoms with Crippen molar-refractivity contribution >= 4 is 27.3 Å². The van der Waals surface area contributed by atoms with Crippen LogP contribution in [0.5, 0.6) is 5.88 Å². The lowest BCUT2D eigenvalue weighted by Crippen LogP contribution is -1.98. The molecular weight excluding hydrogens is 278 g/mol. The van der Waals surface area contributed by atoms with Crippen LogP contribution in [0.4, 0.5) is 0 Å². The van der Waals surface area contributed by atoms with Gasteiger partial charge in [-0.25, -0.2) is 4.98 Å². The van der Waals surface area contributed by atoms with Crippen LogP contribution < -0.4 is 4.74 Å². The highest BCUT2D eigenvalue weighted by atomic mass is 79.9. The third-order valence-electron chi connectivity index (χ3n) is 1.79. The molecule has 15 heavy (non-hydrogen) atoms. The van der Waals surface area contributed by atoms with Crippen LogP contribution in [0.15, 0.2) is 39.6 Å². The first-order valence-electron chi connectivity index (χ1n) is 4.13. The Morgan fingerprint density at radius 3 is 2.53 bits per heavy atom. The molecule has 3 nitrogen and oxygen atoms in total. The molecule has 1 aromatic heterocycles. The van der Waals surface area contributed by atoms with Gasteiger partial charge >= 0.3 is 0 Å². The Bertz CT molecular complexity index is 539. The minimum Gasteiger partial charge on any atom is -0.492 e. The van der Waals surface area contributed by atoms with E-state index in [1.165, 1.54) is 0 Å². The van der Waals surface area contributed by atoms with Crippen LogP contribution in [-0.2, 0) is 0 Å². The van der Waals surface area contributed by atoms with Crippen molar-refractivity contribution in [3.8, 4) is 16.5 Å². The Morgan fingerprint density at radius 1 is 1.27 bits per heavy atom. The Balaban J connectivity index is 2.61. The topological polar surface area (TPSA) is 50.2 Å². The van der Waals surface area contributed by atoms with E-state index in [9.17, 15) is 9.90 Å². The fraction of sp³-hybridized carbons (Fsp3) is 0. The van der Waals surface area contributed by atoms with E-state index < -0.39 is 0 Å². The quantitative estimate of drug-likeness (QED) is 0.875. The summed E-state index contributed by atoms with van der Waals surface area (Å²) in [6.45, 7) is 0. The van der Waals surface area contributed by atoms with Gasteiger partial charge < -0.3 is 5.11 Å². The predicted octanol–water partition coefficient (Wildman–Crippen LogP) is 2.64. The van der Waals surface area contributed by atoms with Crippen molar-refractivity contribution < 1.29 is 5.11 Å². The number of rotatable bonds is 1. The van der Waals surface area contributed by atoms with Crippen molar-refractivity contribution in [2.45, 2.75) is 0 Å². The van der Waals surface area contributed by atoms with Gasteiger partial charge in [-0.1, -0.05) is 41.7 Å². The molecule has 0 radical (unpaired) electrons. The first-order valence-corrected chi connectivity index (χ1v) is 5.74. The molecule has 2 rings (SSSR count). The average Bonchev–Trinajstić information content (AvgIpc) is 2.26.